The molecule has 3 rings (SSSR count). The van der Waals surface area contributed by atoms with Gasteiger partial charge < -0.3 is 9.26 Å². The Balaban J connectivity index is 1.75. The third-order valence-corrected chi connectivity index (χ3v) is 4.56. The predicted octanol–water partition coefficient (Wildman–Crippen LogP) is 2.57. The normalized spacial score (nSPS) is 28.9. The summed E-state index contributed by atoms with van der Waals surface area (Å²) >= 11 is 0. The van der Waals surface area contributed by atoms with Gasteiger partial charge in [0.1, 0.15) is 5.41 Å². The number of methoxy groups -OCH3 is 1. The zero-order chi connectivity index (χ0) is 13.5. The lowest BCUT2D eigenvalue weighted by molar-refractivity contribution is -0.144. The van der Waals surface area contributed by atoms with Crippen LogP contribution in [-0.4, -0.2) is 23.2 Å². The smallest absolute Gasteiger partial charge is 0.321 e. The van der Waals surface area contributed by atoms with Crippen molar-refractivity contribution in [3.05, 3.63) is 11.7 Å². The number of ether oxygens (including phenoxy) is 1. The fraction of sp³-hybridized carbons (Fsp3) is 0.786. The average Bonchev–Trinajstić information content (AvgIpc) is 3.10. The highest BCUT2D eigenvalue weighted by atomic mass is 16.5. The second kappa shape index (κ2) is 4.62. The highest BCUT2D eigenvalue weighted by molar-refractivity contribution is 5.85. The number of esters is 1. The molecule has 5 nitrogen and oxygen atoms in total. The highest BCUT2D eigenvalue weighted by Gasteiger charge is 2.57. The van der Waals surface area contributed by atoms with Crippen molar-refractivity contribution in [3.63, 3.8) is 0 Å². The second-order valence-electron chi connectivity index (χ2n) is 5.99. The van der Waals surface area contributed by atoms with Crippen molar-refractivity contribution in [1.82, 2.24) is 10.1 Å². The molecular weight excluding hydrogens is 244 g/mol. The summed E-state index contributed by atoms with van der Waals surface area (Å²) in [4.78, 5) is 16.3. The summed E-state index contributed by atoms with van der Waals surface area (Å²) < 4.78 is 10.2. The number of rotatable bonds is 3. The fourth-order valence-electron chi connectivity index (χ4n) is 2.94. The second-order valence-corrected chi connectivity index (χ2v) is 5.99. The standard InChI is InChI=1S/C14H20N2O3/c1-9-3-5-10(6-4-9)11-15-12(19-16-11)14(7-8-14)13(17)18-2/h9-10H,3-8H2,1-2H3. The van der Waals surface area contributed by atoms with Gasteiger partial charge in [0.15, 0.2) is 5.82 Å². The Labute approximate surface area is 112 Å². The number of nitrogens with zero attached hydrogens (tertiary/aromatic N) is 2. The van der Waals surface area contributed by atoms with Crippen molar-refractivity contribution in [2.75, 3.05) is 7.11 Å². The monoisotopic (exact) mass is 264 g/mol. The van der Waals surface area contributed by atoms with Crippen LogP contribution in [0.25, 0.3) is 0 Å². The Morgan fingerprint density at radius 1 is 1.32 bits per heavy atom. The van der Waals surface area contributed by atoms with Gasteiger partial charge in [0.25, 0.3) is 0 Å². The van der Waals surface area contributed by atoms with E-state index < -0.39 is 5.41 Å². The number of hydrogen-bond acceptors (Lipinski definition) is 5. The van der Waals surface area contributed by atoms with Crippen molar-refractivity contribution in [2.24, 2.45) is 5.92 Å². The largest absolute Gasteiger partial charge is 0.468 e. The first kappa shape index (κ1) is 12.6. The molecule has 2 aliphatic rings. The van der Waals surface area contributed by atoms with Gasteiger partial charge in [-0.2, -0.15) is 4.98 Å². The molecule has 0 amide bonds. The van der Waals surface area contributed by atoms with E-state index in [-0.39, 0.29) is 5.97 Å². The minimum absolute atomic E-state index is 0.250. The third kappa shape index (κ3) is 2.15. The summed E-state index contributed by atoms with van der Waals surface area (Å²) in [5.41, 5.74) is -0.637. The molecule has 0 aliphatic heterocycles. The number of carbonyl (C=O) groups excluding carboxylic acids is 1. The van der Waals surface area contributed by atoms with Crippen LogP contribution >= 0.6 is 0 Å². The van der Waals surface area contributed by atoms with Crippen LogP contribution in [0.1, 0.15) is 63.1 Å². The third-order valence-electron chi connectivity index (χ3n) is 4.56. The van der Waals surface area contributed by atoms with Gasteiger partial charge >= 0.3 is 5.97 Å². The van der Waals surface area contributed by atoms with Crippen molar-refractivity contribution < 1.29 is 14.1 Å². The quantitative estimate of drug-likeness (QED) is 0.785. The van der Waals surface area contributed by atoms with E-state index in [1.54, 1.807) is 0 Å². The summed E-state index contributed by atoms with van der Waals surface area (Å²) in [6, 6.07) is 0. The molecule has 1 aromatic rings. The Kier molecular flexibility index (Phi) is 3.07. The molecule has 0 saturated heterocycles. The van der Waals surface area contributed by atoms with E-state index in [0.717, 1.165) is 37.4 Å². The molecule has 2 saturated carbocycles. The molecule has 0 radical (unpaired) electrons. The Morgan fingerprint density at radius 2 is 2.00 bits per heavy atom. The highest BCUT2D eigenvalue weighted by Crippen LogP contribution is 2.48. The SMILES string of the molecule is COC(=O)C1(c2nc(C3CCC(C)CC3)no2)CC1. The van der Waals surface area contributed by atoms with E-state index in [2.05, 4.69) is 17.1 Å². The maximum absolute atomic E-state index is 11.8. The minimum atomic E-state index is -0.637. The van der Waals surface area contributed by atoms with Gasteiger partial charge in [-0.05, 0) is 31.6 Å². The van der Waals surface area contributed by atoms with Crippen LogP contribution in [0.2, 0.25) is 0 Å². The lowest BCUT2D eigenvalue weighted by Gasteiger charge is -2.23. The molecule has 19 heavy (non-hydrogen) atoms. The molecule has 0 N–H and O–H groups in total. The van der Waals surface area contributed by atoms with E-state index in [0.29, 0.717) is 11.8 Å². The molecule has 1 heterocycles. The van der Waals surface area contributed by atoms with Crippen LogP contribution in [0, 0.1) is 5.92 Å². The molecule has 0 spiro atoms. The minimum Gasteiger partial charge on any atom is -0.468 e. The summed E-state index contributed by atoms with van der Waals surface area (Å²) in [7, 11) is 1.40. The molecule has 104 valence electrons. The molecule has 0 aromatic carbocycles. The maximum atomic E-state index is 11.8. The molecule has 2 fully saturated rings. The van der Waals surface area contributed by atoms with Crippen molar-refractivity contribution >= 4 is 5.97 Å². The van der Waals surface area contributed by atoms with E-state index in [1.807, 2.05) is 0 Å². The Morgan fingerprint density at radius 3 is 2.58 bits per heavy atom. The van der Waals surface area contributed by atoms with Crippen molar-refractivity contribution in [3.8, 4) is 0 Å². The van der Waals surface area contributed by atoms with Crippen LogP contribution < -0.4 is 0 Å². The molecule has 2 aliphatic carbocycles. The van der Waals surface area contributed by atoms with E-state index in [9.17, 15) is 4.79 Å². The van der Waals surface area contributed by atoms with E-state index in [4.69, 9.17) is 9.26 Å². The van der Waals surface area contributed by atoms with Crippen LogP contribution in [0.15, 0.2) is 4.52 Å². The lowest BCUT2D eigenvalue weighted by atomic mass is 9.83. The van der Waals surface area contributed by atoms with Gasteiger partial charge in [-0.3, -0.25) is 4.79 Å². The van der Waals surface area contributed by atoms with Gasteiger partial charge in [-0.15, -0.1) is 0 Å². The number of aromatic nitrogens is 2. The van der Waals surface area contributed by atoms with Crippen LogP contribution in [0.3, 0.4) is 0 Å². The van der Waals surface area contributed by atoms with Gasteiger partial charge in [0, 0.05) is 5.92 Å². The van der Waals surface area contributed by atoms with Crippen molar-refractivity contribution in [1.29, 1.82) is 0 Å². The fourth-order valence-corrected chi connectivity index (χ4v) is 2.94. The summed E-state index contributed by atoms with van der Waals surface area (Å²) in [6.07, 6.45) is 6.18. The van der Waals surface area contributed by atoms with Crippen LogP contribution in [0.5, 0.6) is 0 Å². The molecule has 0 atom stereocenters. The van der Waals surface area contributed by atoms with Gasteiger partial charge in [-0.25, -0.2) is 0 Å². The molecule has 5 heteroatoms. The predicted molar refractivity (Wildman–Crippen MR) is 67.6 cm³/mol. The van der Waals surface area contributed by atoms with Crippen molar-refractivity contribution in [2.45, 2.75) is 56.8 Å². The zero-order valence-corrected chi connectivity index (χ0v) is 11.5. The summed E-state index contributed by atoms with van der Waals surface area (Å²) in [5, 5.41) is 4.09. The van der Waals surface area contributed by atoms with Gasteiger partial charge in [0.05, 0.1) is 7.11 Å². The number of hydrogen-bond donors (Lipinski definition) is 0. The molecule has 0 unspecified atom stereocenters. The van der Waals surface area contributed by atoms with Gasteiger partial charge in [-0.1, -0.05) is 24.9 Å². The molecule has 1 aromatic heterocycles. The van der Waals surface area contributed by atoms with E-state index >= 15 is 0 Å². The number of carbonyl (C=O) groups is 1. The zero-order valence-electron chi connectivity index (χ0n) is 11.5. The van der Waals surface area contributed by atoms with Crippen LogP contribution in [-0.2, 0) is 14.9 Å². The van der Waals surface area contributed by atoms with E-state index in [1.165, 1.54) is 20.0 Å². The first-order valence-electron chi connectivity index (χ1n) is 7.08. The first-order chi connectivity index (χ1) is 9.15. The lowest BCUT2D eigenvalue weighted by Crippen LogP contribution is -2.22. The molecule has 0 bridgehead atoms. The van der Waals surface area contributed by atoms with Crippen LogP contribution in [0.4, 0.5) is 0 Å². The molecular formula is C14H20N2O3. The summed E-state index contributed by atoms with van der Waals surface area (Å²) in [6.45, 7) is 2.29. The maximum Gasteiger partial charge on any atom is 0.321 e. The Hall–Kier alpha value is -1.39. The summed E-state index contributed by atoms with van der Waals surface area (Å²) in [5.74, 6) is 2.17. The Bertz CT molecular complexity index is 471. The first-order valence-corrected chi connectivity index (χ1v) is 7.08. The topological polar surface area (TPSA) is 65.2 Å². The van der Waals surface area contributed by atoms with Gasteiger partial charge in [0.2, 0.25) is 5.89 Å². The average molecular weight is 264 g/mol.